The van der Waals surface area contributed by atoms with Crippen molar-refractivity contribution in [1.82, 2.24) is 19.9 Å². The van der Waals surface area contributed by atoms with Crippen LogP contribution in [0.2, 0.25) is 5.15 Å². The van der Waals surface area contributed by atoms with E-state index in [4.69, 9.17) is 31.8 Å². The fourth-order valence-corrected chi connectivity index (χ4v) is 8.77. The van der Waals surface area contributed by atoms with Gasteiger partial charge in [-0.3, -0.25) is 0 Å². The van der Waals surface area contributed by atoms with Crippen LogP contribution < -0.4 is 31.2 Å². The van der Waals surface area contributed by atoms with Gasteiger partial charge in [0.25, 0.3) is 0 Å². The summed E-state index contributed by atoms with van der Waals surface area (Å²) < 4.78 is 14.1. The number of benzene rings is 2. The minimum Gasteiger partial charge on any atom is -0.457 e. The fraction of sp³-hybridized carbons (Fsp3) is 0.429. The number of thiazole rings is 2. The molecule has 0 atom stereocenters. The first-order valence-electron chi connectivity index (χ1n) is 19.6. The highest BCUT2D eigenvalue weighted by Gasteiger charge is 2.16. The van der Waals surface area contributed by atoms with Crippen LogP contribution >= 0.6 is 34.3 Å². The Labute approximate surface area is 337 Å². The van der Waals surface area contributed by atoms with E-state index < -0.39 is 0 Å². The minimum absolute atomic E-state index is 0.422. The van der Waals surface area contributed by atoms with E-state index in [1.807, 2.05) is 56.3 Å². The molecule has 0 unspecified atom stereocenters. The summed E-state index contributed by atoms with van der Waals surface area (Å²) in [5, 5.41) is 12.7. The molecular formula is C42H53ClN8O2S2. The lowest BCUT2D eigenvalue weighted by molar-refractivity contribution is 0.373. The summed E-state index contributed by atoms with van der Waals surface area (Å²) in [6.45, 7) is 7.60. The molecule has 0 bridgehead atoms. The largest absolute Gasteiger partial charge is 0.457 e. The van der Waals surface area contributed by atoms with Crippen molar-refractivity contribution in [2.45, 2.75) is 78.1 Å². The zero-order chi connectivity index (χ0) is 38.2. The number of nitrogens with one attached hydrogen (secondary N) is 3. The summed E-state index contributed by atoms with van der Waals surface area (Å²) in [4.78, 5) is 17.6. The second kappa shape index (κ2) is 21.2. The van der Waals surface area contributed by atoms with Crippen molar-refractivity contribution in [1.29, 1.82) is 0 Å². The first-order chi connectivity index (χ1) is 27.0. The molecule has 2 saturated carbocycles. The van der Waals surface area contributed by atoms with E-state index in [2.05, 4.69) is 37.0 Å². The van der Waals surface area contributed by atoms with Crippen molar-refractivity contribution in [3.8, 4) is 23.0 Å². The molecule has 292 valence electrons. The van der Waals surface area contributed by atoms with Crippen LogP contribution in [0, 0.1) is 11.8 Å². The summed E-state index contributed by atoms with van der Waals surface area (Å²) in [6.07, 6.45) is 17.0. The number of aromatic nitrogens is 4. The SMILES string of the molecule is CCN.CCNc1cc(Oc2ccc3nc(NCC4CCCCC4)sc3c2)ccn1.Clc1cc(Oc2ccc3nc(NCC4CCCCC4)sc3c2)ccn1. The quantitative estimate of drug-likeness (QED) is 0.0887. The number of fused-ring (bicyclic) bond motifs is 2. The summed E-state index contributed by atoms with van der Waals surface area (Å²) in [5.74, 6) is 5.46. The Bertz CT molecular complexity index is 2060. The molecule has 4 heterocycles. The van der Waals surface area contributed by atoms with Gasteiger partial charge in [-0.2, -0.15) is 0 Å². The second-order valence-corrected chi connectivity index (χ2v) is 16.3. The zero-order valence-corrected chi connectivity index (χ0v) is 34.2. The lowest BCUT2D eigenvalue weighted by atomic mass is 9.89. The average Bonchev–Trinajstić information content (AvgIpc) is 3.81. The number of ether oxygens (including phenoxy) is 2. The van der Waals surface area contributed by atoms with E-state index in [9.17, 15) is 0 Å². The first-order valence-corrected chi connectivity index (χ1v) is 21.6. The highest BCUT2D eigenvalue weighted by Crippen LogP contribution is 2.34. The molecule has 5 N–H and O–H groups in total. The molecule has 8 rings (SSSR count). The lowest BCUT2D eigenvalue weighted by Gasteiger charge is -2.21. The number of halogens is 1. The monoisotopic (exact) mass is 800 g/mol. The maximum atomic E-state index is 6.02. The van der Waals surface area contributed by atoms with Crippen molar-refractivity contribution >= 4 is 70.8 Å². The number of nitrogens with two attached hydrogens (primary N) is 1. The second-order valence-electron chi connectivity index (χ2n) is 13.9. The normalized spacial score (nSPS) is 14.7. The van der Waals surface area contributed by atoms with Crippen LogP contribution in [0.4, 0.5) is 16.1 Å². The van der Waals surface area contributed by atoms with Gasteiger partial charge in [0.15, 0.2) is 10.3 Å². The molecule has 13 heteroatoms. The van der Waals surface area contributed by atoms with Crippen LogP contribution in [0.5, 0.6) is 23.0 Å². The minimum atomic E-state index is 0.422. The predicted octanol–water partition coefficient (Wildman–Crippen LogP) is 12.0. The van der Waals surface area contributed by atoms with Crippen molar-refractivity contribution in [2.24, 2.45) is 17.6 Å². The Morgan fingerprint density at radius 3 is 1.60 bits per heavy atom. The summed E-state index contributed by atoms with van der Waals surface area (Å²) in [5.41, 5.74) is 6.86. The van der Waals surface area contributed by atoms with Crippen LogP contribution in [0.25, 0.3) is 20.4 Å². The Hall–Kier alpha value is -4.23. The summed E-state index contributed by atoms with van der Waals surface area (Å²) in [6, 6.07) is 19.3. The van der Waals surface area contributed by atoms with Gasteiger partial charge in [0.05, 0.1) is 20.4 Å². The van der Waals surface area contributed by atoms with Crippen LogP contribution in [-0.2, 0) is 0 Å². The number of pyridine rings is 2. The molecule has 0 aliphatic heterocycles. The Kier molecular flexibility index (Phi) is 15.6. The molecular weight excluding hydrogens is 748 g/mol. The molecule has 6 aromatic rings. The smallest absolute Gasteiger partial charge is 0.183 e. The molecule has 2 aromatic carbocycles. The van der Waals surface area contributed by atoms with Crippen molar-refractivity contribution in [3.05, 3.63) is 78.2 Å². The summed E-state index contributed by atoms with van der Waals surface area (Å²) >= 11 is 9.27. The molecule has 4 aromatic heterocycles. The average molecular weight is 802 g/mol. The number of anilines is 3. The van der Waals surface area contributed by atoms with Gasteiger partial charge >= 0.3 is 0 Å². The van der Waals surface area contributed by atoms with Gasteiger partial charge in [-0.05, 0) is 87.4 Å². The van der Waals surface area contributed by atoms with Crippen LogP contribution in [0.1, 0.15) is 78.1 Å². The van der Waals surface area contributed by atoms with E-state index in [-0.39, 0.29) is 0 Å². The third-order valence-electron chi connectivity index (χ3n) is 9.51. The zero-order valence-electron chi connectivity index (χ0n) is 31.9. The molecule has 0 spiro atoms. The van der Waals surface area contributed by atoms with Crippen LogP contribution in [-0.4, -0.2) is 46.1 Å². The van der Waals surface area contributed by atoms with Gasteiger partial charge in [0.1, 0.15) is 34.0 Å². The molecule has 55 heavy (non-hydrogen) atoms. The van der Waals surface area contributed by atoms with Gasteiger partial charge in [-0.1, -0.05) is 79.7 Å². The fourth-order valence-electron chi connectivity index (χ4n) is 6.81. The molecule has 0 radical (unpaired) electrons. The highest BCUT2D eigenvalue weighted by atomic mass is 35.5. The third-order valence-corrected chi connectivity index (χ3v) is 11.7. The molecule has 2 fully saturated rings. The van der Waals surface area contributed by atoms with E-state index in [1.165, 1.54) is 64.2 Å². The van der Waals surface area contributed by atoms with E-state index in [0.29, 0.717) is 10.9 Å². The Morgan fingerprint density at radius 1 is 0.636 bits per heavy atom. The van der Waals surface area contributed by atoms with Gasteiger partial charge in [0.2, 0.25) is 0 Å². The van der Waals surface area contributed by atoms with Crippen LogP contribution in [0.3, 0.4) is 0 Å². The molecule has 2 aliphatic rings. The molecule has 0 amide bonds. The van der Waals surface area contributed by atoms with Gasteiger partial charge in [-0.25, -0.2) is 19.9 Å². The number of hydrogen-bond acceptors (Lipinski definition) is 12. The topological polar surface area (TPSA) is 132 Å². The Balaban J connectivity index is 0.000000175. The first kappa shape index (κ1) is 40.4. The van der Waals surface area contributed by atoms with Crippen molar-refractivity contribution in [2.75, 3.05) is 42.1 Å². The van der Waals surface area contributed by atoms with Gasteiger partial charge in [-0.15, -0.1) is 0 Å². The highest BCUT2D eigenvalue weighted by molar-refractivity contribution is 7.22. The lowest BCUT2D eigenvalue weighted by Crippen LogP contribution is -2.16. The van der Waals surface area contributed by atoms with E-state index in [1.54, 1.807) is 47.2 Å². The van der Waals surface area contributed by atoms with Crippen molar-refractivity contribution in [3.63, 3.8) is 0 Å². The van der Waals surface area contributed by atoms with Crippen LogP contribution in [0.15, 0.2) is 73.1 Å². The third kappa shape index (κ3) is 12.6. The molecule has 0 saturated heterocycles. The molecule has 2 aliphatic carbocycles. The Morgan fingerprint density at radius 2 is 1.11 bits per heavy atom. The summed E-state index contributed by atoms with van der Waals surface area (Å²) in [7, 11) is 0. The van der Waals surface area contributed by atoms with E-state index >= 15 is 0 Å². The number of rotatable bonds is 12. The molecule has 10 nitrogen and oxygen atoms in total. The maximum absolute atomic E-state index is 6.02. The standard InChI is InChI=1S/C21H26N4OS.C19H20ClN3OS.C2H7N/c1-2-22-20-13-17(10-11-23-20)26-16-8-9-18-19(12-16)27-21(25-18)24-14-15-6-4-3-5-7-15;20-18-11-15(8-9-21-18)24-14-6-7-16-17(10-14)25-19(23-16)22-12-13-4-2-1-3-5-13;1-2-3/h8-13,15H,2-7,14H2,1H3,(H,22,23)(H,24,25);6-11,13H,1-5,12H2,(H,22,23);2-3H2,1H3. The predicted molar refractivity (Wildman–Crippen MR) is 232 cm³/mol. The van der Waals surface area contributed by atoms with E-state index in [0.717, 1.165) is 91.8 Å². The number of hydrogen-bond donors (Lipinski definition) is 4. The van der Waals surface area contributed by atoms with Gasteiger partial charge in [0, 0.05) is 56.3 Å². The van der Waals surface area contributed by atoms with Crippen molar-refractivity contribution < 1.29 is 9.47 Å². The number of nitrogens with zero attached hydrogens (tertiary/aromatic N) is 4. The van der Waals surface area contributed by atoms with Gasteiger partial charge < -0.3 is 31.2 Å². The maximum Gasteiger partial charge on any atom is 0.183 e.